The number of halogens is 1. The minimum Gasteiger partial charge on any atom is -0.357 e. The first-order chi connectivity index (χ1) is 8.60. The average Bonchev–Trinajstić information content (AvgIpc) is 2.75. The predicted octanol–water partition coefficient (Wildman–Crippen LogP) is 1.54. The maximum Gasteiger partial charge on any atom is 0.224 e. The molecule has 0 atom stereocenters. The van der Waals surface area contributed by atoms with Crippen molar-refractivity contribution < 1.29 is 0 Å². The van der Waals surface area contributed by atoms with Crippen LogP contribution in [0.3, 0.4) is 0 Å². The van der Waals surface area contributed by atoms with Crippen molar-refractivity contribution >= 4 is 23.4 Å². The summed E-state index contributed by atoms with van der Waals surface area (Å²) in [6.07, 6.45) is 5.38. The van der Waals surface area contributed by atoms with E-state index in [-0.39, 0.29) is 0 Å². The first kappa shape index (κ1) is 12.6. The van der Waals surface area contributed by atoms with E-state index in [1.165, 1.54) is 0 Å². The van der Waals surface area contributed by atoms with E-state index in [0.29, 0.717) is 23.3 Å². The number of hydrogen-bond donors (Lipinski definition) is 1. The molecule has 2 rings (SSSR count). The normalized spacial score (nSPS) is 10.4. The molecule has 0 bridgehead atoms. The number of nitrogens with zero attached hydrogens (tertiary/aromatic N) is 5. The first-order valence-electron chi connectivity index (χ1n) is 5.49. The molecule has 0 spiro atoms. The Labute approximate surface area is 111 Å². The zero-order chi connectivity index (χ0) is 13.1. The molecule has 2 aromatic heterocycles. The molecule has 0 saturated heterocycles. The van der Waals surface area contributed by atoms with Gasteiger partial charge in [-0.1, -0.05) is 11.6 Å². The molecule has 0 radical (unpaired) electrons. The van der Waals surface area contributed by atoms with Gasteiger partial charge in [0.15, 0.2) is 5.82 Å². The molecule has 0 saturated carbocycles. The Bertz CT molecular complexity index is 538. The van der Waals surface area contributed by atoms with Crippen molar-refractivity contribution in [3.8, 4) is 0 Å². The summed E-state index contributed by atoms with van der Waals surface area (Å²) in [7, 11) is 5.59. The second-order valence-corrected chi connectivity index (χ2v) is 4.40. The Morgan fingerprint density at radius 1 is 1.44 bits per heavy atom. The van der Waals surface area contributed by atoms with E-state index in [1.54, 1.807) is 17.9 Å². The van der Waals surface area contributed by atoms with Gasteiger partial charge in [0.05, 0.1) is 12.4 Å². The fraction of sp³-hybridized carbons (Fsp3) is 0.364. The first-order valence-corrected chi connectivity index (χ1v) is 5.87. The molecule has 0 aliphatic carbocycles. The fourth-order valence-electron chi connectivity index (χ4n) is 1.65. The van der Waals surface area contributed by atoms with E-state index >= 15 is 0 Å². The standard InChI is InChI=1S/C11H15ClN6/c1-13-11-14-5-9(12)10(16-11)17(2)6-8-4-15-18(3)7-8/h4-5,7H,6H2,1-3H3,(H,13,14,16). The van der Waals surface area contributed by atoms with Gasteiger partial charge in [-0.15, -0.1) is 0 Å². The molecule has 6 nitrogen and oxygen atoms in total. The van der Waals surface area contributed by atoms with Crippen molar-refractivity contribution in [1.82, 2.24) is 19.7 Å². The molecule has 7 heteroatoms. The smallest absolute Gasteiger partial charge is 0.224 e. The average molecular weight is 267 g/mol. The van der Waals surface area contributed by atoms with Gasteiger partial charge in [-0.05, 0) is 0 Å². The van der Waals surface area contributed by atoms with E-state index in [0.717, 1.165) is 5.56 Å². The van der Waals surface area contributed by atoms with E-state index in [1.807, 2.05) is 31.4 Å². The van der Waals surface area contributed by atoms with E-state index < -0.39 is 0 Å². The molecule has 96 valence electrons. The monoisotopic (exact) mass is 266 g/mol. The van der Waals surface area contributed by atoms with Gasteiger partial charge < -0.3 is 10.2 Å². The highest BCUT2D eigenvalue weighted by Crippen LogP contribution is 2.23. The van der Waals surface area contributed by atoms with Crippen LogP contribution in [0.1, 0.15) is 5.56 Å². The van der Waals surface area contributed by atoms with Crippen molar-refractivity contribution in [2.24, 2.45) is 7.05 Å². The van der Waals surface area contributed by atoms with Crippen LogP contribution in [0.15, 0.2) is 18.6 Å². The summed E-state index contributed by atoms with van der Waals surface area (Å²) in [5, 5.41) is 7.55. The van der Waals surface area contributed by atoms with Crippen LogP contribution in [0.5, 0.6) is 0 Å². The molecule has 0 aliphatic heterocycles. The zero-order valence-electron chi connectivity index (χ0n) is 10.6. The molecular weight excluding hydrogens is 252 g/mol. The van der Waals surface area contributed by atoms with Gasteiger partial charge in [-0.25, -0.2) is 4.98 Å². The number of nitrogens with one attached hydrogen (secondary N) is 1. The number of hydrogen-bond acceptors (Lipinski definition) is 5. The zero-order valence-corrected chi connectivity index (χ0v) is 11.3. The van der Waals surface area contributed by atoms with E-state index in [2.05, 4.69) is 20.4 Å². The molecule has 0 unspecified atom stereocenters. The Hall–Kier alpha value is -1.82. The van der Waals surface area contributed by atoms with Crippen molar-refractivity contribution in [2.45, 2.75) is 6.54 Å². The predicted molar refractivity (Wildman–Crippen MR) is 71.9 cm³/mol. The van der Waals surface area contributed by atoms with Gasteiger partial charge in [-0.2, -0.15) is 10.1 Å². The Balaban J connectivity index is 2.20. The third-order valence-corrected chi connectivity index (χ3v) is 2.76. The maximum atomic E-state index is 6.10. The van der Waals surface area contributed by atoms with Crippen LogP contribution in [-0.4, -0.2) is 33.8 Å². The quantitative estimate of drug-likeness (QED) is 0.910. The lowest BCUT2D eigenvalue weighted by Gasteiger charge is -2.18. The topological polar surface area (TPSA) is 58.9 Å². The molecule has 1 N–H and O–H groups in total. The highest BCUT2D eigenvalue weighted by Gasteiger charge is 2.11. The van der Waals surface area contributed by atoms with Crippen LogP contribution in [0, 0.1) is 0 Å². The third-order valence-electron chi connectivity index (χ3n) is 2.49. The van der Waals surface area contributed by atoms with Crippen molar-refractivity contribution in [1.29, 1.82) is 0 Å². The summed E-state index contributed by atoms with van der Waals surface area (Å²) in [6, 6.07) is 0. The second kappa shape index (κ2) is 5.22. The van der Waals surface area contributed by atoms with Gasteiger partial charge in [0.1, 0.15) is 5.02 Å². The summed E-state index contributed by atoms with van der Waals surface area (Å²) < 4.78 is 1.77. The van der Waals surface area contributed by atoms with Crippen molar-refractivity contribution in [2.75, 3.05) is 24.3 Å². The Kier molecular flexibility index (Phi) is 3.66. The number of aromatic nitrogens is 4. The maximum absolute atomic E-state index is 6.10. The highest BCUT2D eigenvalue weighted by atomic mass is 35.5. The molecule has 2 heterocycles. The van der Waals surface area contributed by atoms with Gasteiger partial charge in [0.25, 0.3) is 0 Å². The number of rotatable bonds is 4. The summed E-state index contributed by atoms with van der Waals surface area (Å²) in [4.78, 5) is 10.4. The number of anilines is 2. The Morgan fingerprint density at radius 2 is 2.22 bits per heavy atom. The van der Waals surface area contributed by atoms with Crippen LogP contribution in [-0.2, 0) is 13.6 Å². The lowest BCUT2D eigenvalue weighted by Crippen LogP contribution is -2.18. The van der Waals surface area contributed by atoms with Crippen LogP contribution < -0.4 is 10.2 Å². The van der Waals surface area contributed by atoms with Crippen LogP contribution in [0.4, 0.5) is 11.8 Å². The third kappa shape index (κ3) is 2.70. The fourth-order valence-corrected chi connectivity index (χ4v) is 1.88. The molecule has 0 aliphatic rings. The van der Waals surface area contributed by atoms with Gasteiger partial charge in [-0.3, -0.25) is 4.68 Å². The summed E-state index contributed by atoms with van der Waals surface area (Å²) in [6.45, 7) is 0.688. The van der Waals surface area contributed by atoms with Crippen LogP contribution in [0.25, 0.3) is 0 Å². The van der Waals surface area contributed by atoms with E-state index in [9.17, 15) is 0 Å². The van der Waals surface area contributed by atoms with Crippen molar-refractivity contribution in [3.05, 3.63) is 29.2 Å². The van der Waals surface area contributed by atoms with Gasteiger partial charge in [0.2, 0.25) is 5.95 Å². The summed E-state index contributed by atoms with van der Waals surface area (Å²) >= 11 is 6.10. The molecule has 18 heavy (non-hydrogen) atoms. The number of aryl methyl sites for hydroxylation is 1. The highest BCUT2D eigenvalue weighted by molar-refractivity contribution is 6.32. The van der Waals surface area contributed by atoms with Gasteiger partial charge >= 0.3 is 0 Å². The van der Waals surface area contributed by atoms with Crippen LogP contribution in [0.2, 0.25) is 5.02 Å². The van der Waals surface area contributed by atoms with Crippen molar-refractivity contribution in [3.63, 3.8) is 0 Å². The lowest BCUT2D eigenvalue weighted by molar-refractivity contribution is 0.766. The minimum absolute atomic E-state index is 0.528. The minimum atomic E-state index is 0.528. The summed E-state index contributed by atoms with van der Waals surface area (Å²) in [5.74, 6) is 1.24. The molecular formula is C11H15ClN6. The largest absolute Gasteiger partial charge is 0.357 e. The van der Waals surface area contributed by atoms with Crippen LogP contribution >= 0.6 is 11.6 Å². The molecule has 0 amide bonds. The Morgan fingerprint density at radius 3 is 2.83 bits per heavy atom. The SMILES string of the molecule is CNc1ncc(Cl)c(N(C)Cc2cnn(C)c2)n1. The van der Waals surface area contributed by atoms with E-state index in [4.69, 9.17) is 11.6 Å². The molecule has 0 aromatic carbocycles. The van der Waals surface area contributed by atoms with Gasteiger partial charge in [0, 0.05) is 39.4 Å². The summed E-state index contributed by atoms with van der Waals surface area (Å²) in [5.41, 5.74) is 1.10. The molecule has 0 fully saturated rings. The molecule has 2 aromatic rings. The second-order valence-electron chi connectivity index (χ2n) is 3.99. The lowest BCUT2D eigenvalue weighted by atomic mass is 10.3.